The second kappa shape index (κ2) is 8.46. The standard InChI is InChI=1S/C21H28N2O5/c1-6-7-10-28-17-16-11-14(12-24)8-9-15(16)19(25)23(13-21(2,3)4)18(17)22(5)20(26)27/h8-9,11-12H,6-7,10,13H2,1-5H3,(H,26,27). The highest BCUT2D eigenvalue weighted by atomic mass is 16.5. The van der Waals surface area contributed by atoms with E-state index in [0.717, 1.165) is 17.7 Å². The molecule has 2 rings (SSSR count). The number of fused-ring (bicyclic) bond motifs is 1. The van der Waals surface area contributed by atoms with E-state index in [1.165, 1.54) is 11.6 Å². The Morgan fingerprint density at radius 1 is 1.29 bits per heavy atom. The number of carboxylic acid groups (broad SMARTS) is 1. The molecule has 7 nitrogen and oxygen atoms in total. The minimum atomic E-state index is -1.20. The maximum atomic E-state index is 13.2. The van der Waals surface area contributed by atoms with Crippen molar-refractivity contribution in [2.45, 2.75) is 47.1 Å². The first-order valence-corrected chi connectivity index (χ1v) is 9.36. The number of hydrogen-bond acceptors (Lipinski definition) is 4. The number of unbranched alkanes of at least 4 members (excludes halogenated alkanes) is 1. The van der Waals surface area contributed by atoms with E-state index in [0.29, 0.717) is 41.5 Å². The van der Waals surface area contributed by atoms with Crippen LogP contribution in [0.3, 0.4) is 0 Å². The van der Waals surface area contributed by atoms with Gasteiger partial charge in [-0.25, -0.2) is 4.79 Å². The number of benzene rings is 1. The van der Waals surface area contributed by atoms with Gasteiger partial charge in [0, 0.05) is 24.5 Å². The lowest BCUT2D eigenvalue weighted by Crippen LogP contribution is -2.35. The normalized spacial score (nSPS) is 11.5. The SMILES string of the molecule is CCCCOc1c(N(C)C(=O)O)n(CC(C)(C)C)c(=O)c2ccc(C=O)cc12. The molecule has 0 bridgehead atoms. The summed E-state index contributed by atoms with van der Waals surface area (Å²) in [5.74, 6) is 0.486. The zero-order chi connectivity index (χ0) is 21.1. The Balaban J connectivity index is 2.92. The molecule has 0 spiro atoms. The molecule has 1 heterocycles. The van der Waals surface area contributed by atoms with E-state index in [2.05, 4.69) is 0 Å². The molecular weight excluding hydrogens is 360 g/mol. The third-order valence-electron chi connectivity index (χ3n) is 4.34. The fourth-order valence-electron chi connectivity index (χ4n) is 3.00. The fraction of sp³-hybridized carbons (Fsp3) is 0.476. The van der Waals surface area contributed by atoms with Gasteiger partial charge in [-0.3, -0.25) is 19.1 Å². The molecule has 1 aromatic heterocycles. The Morgan fingerprint density at radius 2 is 1.96 bits per heavy atom. The van der Waals surface area contributed by atoms with Crippen molar-refractivity contribution in [1.29, 1.82) is 0 Å². The van der Waals surface area contributed by atoms with Crippen molar-refractivity contribution in [3.63, 3.8) is 0 Å². The molecule has 0 aliphatic rings. The summed E-state index contributed by atoms with van der Waals surface area (Å²) in [5, 5.41) is 10.5. The number of amides is 1. The van der Waals surface area contributed by atoms with Crippen LogP contribution in [0.1, 0.15) is 50.9 Å². The van der Waals surface area contributed by atoms with Gasteiger partial charge in [-0.1, -0.05) is 40.2 Å². The van der Waals surface area contributed by atoms with Gasteiger partial charge in [0.2, 0.25) is 0 Å². The van der Waals surface area contributed by atoms with Gasteiger partial charge >= 0.3 is 6.09 Å². The van der Waals surface area contributed by atoms with Crippen molar-refractivity contribution in [3.05, 3.63) is 34.1 Å². The summed E-state index contributed by atoms with van der Waals surface area (Å²) in [6.45, 7) is 8.64. The molecule has 28 heavy (non-hydrogen) atoms. The lowest BCUT2D eigenvalue weighted by Gasteiger charge is -2.28. The molecule has 0 radical (unpaired) electrons. The van der Waals surface area contributed by atoms with Gasteiger partial charge in [-0.15, -0.1) is 0 Å². The number of nitrogens with zero attached hydrogens (tertiary/aromatic N) is 2. The number of pyridine rings is 1. The highest BCUT2D eigenvalue weighted by Gasteiger charge is 2.26. The van der Waals surface area contributed by atoms with Crippen LogP contribution in [0.15, 0.2) is 23.0 Å². The van der Waals surface area contributed by atoms with Crippen molar-refractivity contribution < 1.29 is 19.4 Å². The predicted molar refractivity (Wildman–Crippen MR) is 110 cm³/mol. The average molecular weight is 388 g/mol. The Bertz CT molecular complexity index is 940. The maximum Gasteiger partial charge on any atom is 0.412 e. The van der Waals surface area contributed by atoms with Crippen LogP contribution in [0.2, 0.25) is 0 Å². The van der Waals surface area contributed by atoms with Crippen LogP contribution in [0.25, 0.3) is 10.8 Å². The molecule has 152 valence electrons. The number of ether oxygens (including phenoxy) is 1. The Morgan fingerprint density at radius 3 is 2.50 bits per heavy atom. The van der Waals surface area contributed by atoms with Crippen molar-refractivity contribution in [3.8, 4) is 5.75 Å². The maximum absolute atomic E-state index is 13.2. The number of aldehydes is 1. The number of aromatic nitrogens is 1. The summed E-state index contributed by atoms with van der Waals surface area (Å²) >= 11 is 0. The van der Waals surface area contributed by atoms with E-state index in [4.69, 9.17) is 4.74 Å². The van der Waals surface area contributed by atoms with E-state index in [-0.39, 0.29) is 16.8 Å². The van der Waals surface area contributed by atoms with E-state index in [9.17, 15) is 19.5 Å². The quantitative estimate of drug-likeness (QED) is 0.568. The lowest BCUT2D eigenvalue weighted by molar-refractivity contribution is 0.112. The molecule has 1 amide bonds. The van der Waals surface area contributed by atoms with Crippen molar-refractivity contribution in [1.82, 2.24) is 4.57 Å². The van der Waals surface area contributed by atoms with Crippen LogP contribution < -0.4 is 15.2 Å². The van der Waals surface area contributed by atoms with Crippen LogP contribution in [-0.2, 0) is 6.54 Å². The summed E-state index contributed by atoms with van der Waals surface area (Å²) in [4.78, 5) is 37.3. The van der Waals surface area contributed by atoms with Crippen molar-refractivity contribution in [2.24, 2.45) is 5.41 Å². The summed E-state index contributed by atoms with van der Waals surface area (Å²) in [6, 6.07) is 4.75. The van der Waals surface area contributed by atoms with Crippen LogP contribution in [-0.4, -0.2) is 35.7 Å². The monoisotopic (exact) mass is 388 g/mol. The Labute approximate surface area is 164 Å². The summed E-state index contributed by atoms with van der Waals surface area (Å²) in [5.41, 5.74) is -0.187. The topological polar surface area (TPSA) is 88.8 Å². The first-order valence-electron chi connectivity index (χ1n) is 9.36. The average Bonchev–Trinajstić information content (AvgIpc) is 2.63. The molecule has 0 fully saturated rings. The fourth-order valence-corrected chi connectivity index (χ4v) is 3.00. The van der Waals surface area contributed by atoms with Crippen molar-refractivity contribution in [2.75, 3.05) is 18.6 Å². The zero-order valence-corrected chi connectivity index (χ0v) is 17.1. The highest BCUT2D eigenvalue weighted by Crippen LogP contribution is 2.36. The third-order valence-corrected chi connectivity index (χ3v) is 4.34. The molecule has 1 N–H and O–H groups in total. The van der Waals surface area contributed by atoms with Crippen LogP contribution in [0.4, 0.5) is 10.6 Å². The molecule has 0 aliphatic heterocycles. The van der Waals surface area contributed by atoms with Gasteiger partial charge < -0.3 is 9.84 Å². The van der Waals surface area contributed by atoms with E-state index < -0.39 is 6.09 Å². The number of carbonyl (C=O) groups is 2. The minimum Gasteiger partial charge on any atom is -0.489 e. The number of anilines is 1. The predicted octanol–water partition coefficient (Wildman–Crippen LogP) is 4.15. The second-order valence-electron chi connectivity index (χ2n) is 8.07. The molecule has 7 heteroatoms. The first kappa shape index (κ1) is 21.5. The summed E-state index contributed by atoms with van der Waals surface area (Å²) < 4.78 is 7.45. The van der Waals surface area contributed by atoms with E-state index >= 15 is 0 Å². The van der Waals surface area contributed by atoms with Crippen LogP contribution >= 0.6 is 0 Å². The second-order valence-corrected chi connectivity index (χ2v) is 8.07. The smallest absolute Gasteiger partial charge is 0.412 e. The molecule has 0 aliphatic carbocycles. The van der Waals surface area contributed by atoms with Gasteiger partial charge in [0.05, 0.1) is 12.0 Å². The van der Waals surface area contributed by atoms with Crippen LogP contribution in [0.5, 0.6) is 5.75 Å². The Kier molecular flexibility index (Phi) is 6.48. The van der Waals surface area contributed by atoms with Gasteiger partial charge in [0.25, 0.3) is 5.56 Å². The lowest BCUT2D eigenvalue weighted by atomic mass is 9.96. The number of hydrogen-bond donors (Lipinski definition) is 1. The van der Waals surface area contributed by atoms with E-state index in [1.807, 2.05) is 27.7 Å². The summed E-state index contributed by atoms with van der Waals surface area (Å²) in [6.07, 6.45) is 1.18. The Hall–Kier alpha value is -2.83. The number of rotatable bonds is 7. The third kappa shape index (κ3) is 4.52. The molecule has 0 unspecified atom stereocenters. The molecule has 2 aromatic rings. The largest absolute Gasteiger partial charge is 0.489 e. The molecule has 0 atom stereocenters. The van der Waals surface area contributed by atoms with Crippen LogP contribution in [0, 0.1) is 5.41 Å². The van der Waals surface area contributed by atoms with Crippen molar-refractivity contribution >= 4 is 29.0 Å². The summed E-state index contributed by atoms with van der Waals surface area (Å²) in [7, 11) is 1.39. The highest BCUT2D eigenvalue weighted by molar-refractivity contribution is 5.98. The van der Waals surface area contributed by atoms with Gasteiger partial charge in [0.1, 0.15) is 6.29 Å². The van der Waals surface area contributed by atoms with Gasteiger partial charge in [-0.05, 0) is 24.0 Å². The molecule has 0 saturated heterocycles. The number of carbonyl (C=O) groups excluding carboxylic acids is 1. The van der Waals surface area contributed by atoms with Gasteiger partial charge in [-0.2, -0.15) is 0 Å². The van der Waals surface area contributed by atoms with Gasteiger partial charge in [0.15, 0.2) is 11.6 Å². The first-order chi connectivity index (χ1) is 13.1. The molecule has 0 saturated carbocycles. The van der Waals surface area contributed by atoms with E-state index in [1.54, 1.807) is 18.2 Å². The zero-order valence-electron chi connectivity index (χ0n) is 17.1. The molecular formula is C21H28N2O5. The molecule has 1 aromatic carbocycles. The minimum absolute atomic E-state index is 0.180.